The van der Waals surface area contributed by atoms with Crippen LogP contribution >= 0.6 is 0 Å². The molecule has 0 aliphatic heterocycles. The summed E-state index contributed by atoms with van der Waals surface area (Å²) in [6, 6.07) is 0. The molecule has 0 spiro atoms. The van der Waals surface area contributed by atoms with Crippen LogP contribution in [0.4, 0.5) is 0 Å². The van der Waals surface area contributed by atoms with Gasteiger partial charge in [0.15, 0.2) is 0 Å². The molecule has 0 aromatic carbocycles. The van der Waals surface area contributed by atoms with Crippen molar-refractivity contribution in [2.45, 2.75) is 27.2 Å². The molecule has 0 amide bonds. The fourth-order valence-corrected chi connectivity index (χ4v) is 0.245. The smallest absolute Gasteiger partial charge is 0.0244 e. The van der Waals surface area contributed by atoms with Crippen LogP contribution in [-0.2, 0) is 0 Å². The molecule has 0 N–H and O–H groups in total. The van der Waals surface area contributed by atoms with Gasteiger partial charge in [-0.1, -0.05) is 20.8 Å². The van der Waals surface area contributed by atoms with E-state index in [-0.39, 0.29) is 0 Å². The summed E-state index contributed by atoms with van der Waals surface area (Å²) in [4.78, 5) is 0. The van der Waals surface area contributed by atoms with Crippen molar-refractivity contribution in [1.82, 2.24) is 5.01 Å². The van der Waals surface area contributed by atoms with Gasteiger partial charge in [-0.25, -0.2) is 0 Å². The van der Waals surface area contributed by atoms with Crippen molar-refractivity contribution >= 4 is 6.21 Å². The Morgan fingerprint density at radius 3 is 1.89 bits per heavy atom. The molecule has 2 nitrogen and oxygen atoms in total. The minimum Gasteiger partial charge on any atom is -0.303 e. The van der Waals surface area contributed by atoms with Crippen LogP contribution < -0.4 is 0 Å². The van der Waals surface area contributed by atoms with Crippen molar-refractivity contribution in [1.29, 1.82) is 0 Å². The van der Waals surface area contributed by atoms with E-state index < -0.39 is 0 Å². The van der Waals surface area contributed by atoms with Crippen LogP contribution in [-0.4, -0.2) is 25.3 Å². The van der Waals surface area contributed by atoms with Crippen molar-refractivity contribution in [3.05, 3.63) is 0 Å². The fourth-order valence-electron chi connectivity index (χ4n) is 0.245. The fraction of sp³-hybridized carbons (Fsp3) is 0.857. The maximum atomic E-state index is 3.95. The molecule has 0 aliphatic rings. The third-order valence-corrected chi connectivity index (χ3v) is 0.495. The molecule has 0 fully saturated rings. The van der Waals surface area contributed by atoms with Crippen LogP contribution in [0.2, 0.25) is 0 Å². The quantitative estimate of drug-likeness (QED) is 0.412. The Balaban J connectivity index is 0. The number of hydrogen-bond acceptors (Lipinski definition) is 2. The highest BCUT2D eigenvalue weighted by Crippen LogP contribution is 1.72. The molecular formula is C7H18N2. The Morgan fingerprint density at radius 2 is 1.78 bits per heavy atom. The highest BCUT2D eigenvalue weighted by molar-refractivity contribution is 5.55. The van der Waals surface area contributed by atoms with Crippen LogP contribution in [0.1, 0.15) is 27.2 Å². The first-order valence-corrected chi connectivity index (χ1v) is 3.47. The highest BCUT2D eigenvalue weighted by Gasteiger charge is 1.70. The van der Waals surface area contributed by atoms with E-state index in [0.29, 0.717) is 0 Å². The predicted octanol–water partition coefficient (Wildman–Crippen LogP) is 1.97. The van der Waals surface area contributed by atoms with Gasteiger partial charge in [0, 0.05) is 20.3 Å². The zero-order valence-corrected chi connectivity index (χ0v) is 7.18. The SMILES string of the molecule is CC.CC/C=N/N(C)C. The standard InChI is InChI=1S/C5H12N2.C2H6/c1-4-5-6-7(2)3;1-2/h5H,4H2,1-3H3;1-2H3/b6-5+;. The molecule has 0 unspecified atom stereocenters. The third-order valence-electron chi connectivity index (χ3n) is 0.495. The maximum Gasteiger partial charge on any atom is 0.0244 e. The molecule has 0 atom stereocenters. The van der Waals surface area contributed by atoms with Crippen molar-refractivity contribution in [2.24, 2.45) is 5.10 Å². The van der Waals surface area contributed by atoms with Crippen molar-refractivity contribution in [3.8, 4) is 0 Å². The van der Waals surface area contributed by atoms with E-state index in [1.807, 2.05) is 34.2 Å². The molecule has 0 saturated carbocycles. The Bertz CT molecular complexity index is 57.9. The summed E-state index contributed by atoms with van der Waals surface area (Å²) >= 11 is 0. The predicted molar refractivity (Wildman–Crippen MR) is 43.8 cm³/mol. The number of rotatable bonds is 2. The summed E-state index contributed by atoms with van der Waals surface area (Å²) in [5.74, 6) is 0. The Morgan fingerprint density at radius 1 is 1.33 bits per heavy atom. The molecule has 56 valence electrons. The van der Waals surface area contributed by atoms with Gasteiger partial charge in [0.1, 0.15) is 0 Å². The summed E-state index contributed by atoms with van der Waals surface area (Å²) in [6.45, 7) is 6.06. The molecule has 0 aromatic heterocycles. The van der Waals surface area contributed by atoms with E-state index >= 15 is 0 Å². The van der Waals surface area contributed by atoms with Gasteiger partial charge in [-0.05, 0) is 6.42 Å². The van der Waals surface area contributed by atoms with E-state index in [1.165, 1.54) is 0 Å². The first-order chi connectivity index (χ1) is 4.27. The lowest BCUT2D eigenvalue weighted by Crippen LogP contribution is -2.00. The molecule has 0 rings (SSSR count). The van der Waals surface area contributed by atoms with Gasteiger partial charge in [-0.3, -0.25) is 0 Å². The number of nitrogens with zero attached hydrogens (tertiary/aromatic N) is 2. The van der Waals surface area contributed by atoms with Gasteiger partial charge in [-0.15, -0.1) is 0 Å². The normalized spacial score (nSPS) is 8.56. The summed E-state index contributed by atoms with van der Waals surface area (Å²) in [5.41, 5.74) is 0. The second-order valence-corrected chi connectivity index (χ2v) is 1.55. The lowest BCUT2D eigenvalue weighted by Gasteiger charge is -1.99. The largest absolute Gasteiger partial charge is 0.303 e. The minimum atomic E-state index is 1.01. The van der Waals surface area contributed by atoms with Crippen LogP contribution in [0.5, 0.6) is 0 Å². The van der Waals surface area contributed by atoms with Crippen molar-refractivity contribution in [3.63, 3.8) is 0 Å². The van der Waals surface area contributed by atoms with Gasteiger partial charge in [0.05, 0.1) is 0 Å². The third kappa shape index (κ3) is 18.6. The van der Waals surface area contributed by atoms with Crippen molar-refractivity contribution < 1.29 is 0 Å². The summed E-state index contributed by atoms with van der Waals surface area (Å²) in [7, 11) is 3.82. The van der Waals surface area contributed by atoms with Gasteiger partial charge in [0.2, 0.25) is 0 Å². The lowest BCUT2D eigenvalue weighted by atomic mass is 10.6. The molecular weight excluding hydrogens is 112 g/mol. The number of hydrazone groups is 1. The topological polar surface area (TPSA) is 15.6 Å². The minimum absolute atomic E-state index is 1.01. The van der Waals surface area contributed by atoms with Crippen LogP contribution in [0, 0.1) is 0 Å². The van der Waals surface area contributed by atoms with Gasteiger partial charge >= 0.3 is 0 Å². The van der Waals surface area contributed by atoms with E-state index in [1.54, 1.807) is 5.01 Å². The first kappa shape index (κ1) is 11.3. The average Bonchev–Trinajstić information content (AvgIpc) is 1.88. The van der Waals surface area contributed by atoms with Gasteiger partial charge in [0.25, 0.3) is 0 Å². The lowest BCUT2D eigenvalue weighted by molar-refractivity contribution is 0.439. The monoisotopic (exact) mass is 130 g/mol. The van der Waals surface area contributed by atoms with Gasteiger partial charge < -0.3 is 5.01 Å². The molecule has 0 aliphatic carbocycles. The van der Waals surface area contributed by atoms with Crippen LogP contribution in [0.15, 0.2) is 5.10 Å². The van der Waals surface area contributed by atoms with E-state index in [9.17, 15) is 0 Å². The molecule has 0 aromatic rings. The Kier molecular flexibility index (Phi) is 13.1. The summed E-state index contributed by atoms with van der Waals surface area (Å²) < 4.78 is 0. The molecule has 2 heteroatoms. The van der Waals surface area contributed by atoms with Crippen LogP contribution in [0.25, 0.3) is 0 Å². The Hall–Kier alpha value is -0.530. The first-order valence-electron chi connectivity index (χ1n) is 3.47. The van der Waals surface area contributed by atoms with Crippen molar-refractivity contribution in [2.75, 3.05) is 14.1 Å². The summed E-state index contributed by atoms with van der Waals surface area (Å²) in [5, 5.41) is 5.73. The Labute approximate surface area is 58.6 Å². The van der Waals surface area contributed by atoms with E-state index in [2.05, 4.69) is 12.0 Å². The zero-order chi connectivity index (χ0) is 7.70. The molecule has 9 heavy (non-hydrogen) atoms. The van der Waals surface area contributed by atoms with Crippen LogP contribution in [0.3, 0.4) is 0 Å². The van der Waals surface area contributed by atoms with E-state index in [4.69, 9.17) is 0 Å². The maximum absolute atomic E-state index is 3.95. The second kappa shape index (κ2) is 10.5. The molecule has 0 saturated heterocycles. The molecule has 0 radical (unpaired) electrons. The molecule has 0 bridgehead atoms. The molecule has 0 heterocycles. The second-order valence-electron chi connectivity index (χ2n) is 1.55. The van der Waals surface area contributed by atoms with E-state index in [0.717, 1.165) is 6.42 Å². The van der Waals surface area contributed by atoms with Gasteiger partial charge in [-0.2, -0.15) is 5.10 Å². The average molecular weight is 130 g/mol. The zero-order valence-electron chi connectivity index (χ0n) is 7.18. The summed E-state index contributed by atoms with van der Waals surface area (Å²) in [6.07, 6.45) is 2.89. The number of hydrogen-bond donors (Lipinski definition) is 0. The highest BCUT2D eigenvalue weighted by atomic mass is 15.4.